The van der Waals surface area contributed by atoms with Crippen LogP contribution in [0.15, 0.2) is 94.9 Å². The predicted octanol–water partition coefficient (Wildman–Crippen LogP) is 8.25. The minimum Gasteiger partial charge on any atom is -0.499 e. The van der Waals surface area contributed by atoms with Gasteiger partial charge in [-0.2, -0.15) is 0 Å². The molecule has 2 aromatic carbocycles. The van der Waals surface area contributed by atoms with Crippen LogP contribution in [0.2, 0.25) is 0 Å². The van der Waals surface area contributed by atoms with Crippen LogP contribution in [0.1, 0.15) is 60.8 Å². The first-order valence-electron chi connectivity index (χ1n) is 10.4. The van der Waals surface area contributed by atoms with Crippen molar-refractivity contribution in [3.63, 3.8) is 0 Å². The molecule has 0 bridgehead atoms. The molecule has 0 unspecified atom stereocenters. The number of hydrogen-bond acceptors (Lipinski definition) is 1. The molecule has 0 radical (unpaired) electrons. The second kappa shape index (κ2) is 23.1. The highest BCUT2D eigenvalue weighted by Crippen LogP contribution is 2.10. The highest BCUT2D eigenvalue weighted by atomic mass is 32.2. The average molecular weight is 402 g/mol. The smallest absolute Gasteiger partial charge is 0.158 e. The molecule has 0 saturated carbocycles. The molecule has 1 nitrogen and oxygen atoms in total. The SMILES string of the molecule is C/C=C(\C)OCCCC.C=CCC.CC.c1ccc([SH+]c2ccccc2)cc1. The summed E-state index contributed by atoms with van der Waals surface area (Å²) in [7, 11) is 0. The van der Waals surface area contributed by atoms with Gasteiger partial charge in [0.15, 0.2) is 9.79 Å². The summed E-state index contributed by atoms with van der Waals surface area (Å²) in [6, 6.07) is 21.0. The van der Waals surface area contributed by atoms with Crippen molar-refractivity contribution in [2.75, 3.05) is 6.61 Å². The van der Waals surface area contributed by atoms with Crippen LogP contribution >= 0.6 is 0 Å². The fourth-order valence-corrected chi connectivity index (χ4v) is 2.56. The third kappa shape index (κ3) is 18.8. The number of allylic oxidation sites excluding steroid dienone is 3. The van der Waals surface area contributed by atoms with Crippen molar-refractivity contribution < 1.29 is 4.74 Å². The first kappa shape index (κ1) is 28.3. The first-order chi connectivity index (χ1) is 13.7. The molecule has 0 N–H and O–H groups in total. The second-order valence-electron chi connectivity index (χ2n) is 5.58. The number of hydrogen-bond donors (Lipinski definition) is 0. The van der Waals surface area contributed by atoms with Crippen LogP contribution in [-0.4, -0.2) is 6.61 Å². The Morgan fingerprint density at radius 3 is 1.68 bits per heavy atom. The minimum absolute atomic E-state index is 0.868. The van der Waals surface area contributed by atoms with Crippen LogP contribution in [0, 0.1) is 0 Å². The number of unbranched alkanes of at least 4 members (excludes halogenated alkanes) is 1. The van der Waals surface area contributed by atoms with Crippen molar-refractivity contribution in [2.24, 2.45) is 0 Å². The van der Waals surface area contributed by atoms with Crippen molar-refractivity contribution in [3.8, 4) is 0 Å². The number of benzene rings is 2. The molecule has 2 rings (SSSR count). The van der Waals surface area contributed by atoms with Gasteiger partial charge in [-0.25, -0.2) is 0 Å². The van der Waals surface area contributed by atoms with Crippen molar-refractivity contribution >= 4 is 11.8 Å². The van der Waals surface area contributed by atoms with E-state index in [4.69, 9.17) is 4.74 Å². The van der Waals surface area contributed by atoms with Gasteiger partial charge in [-0.3, -0.25) is 0 Å². The van der Waals surface area contributed by atoms with E-state index in [0.29, 0.717) is 0 Å². The molecule has 156 valence electrons. The fourth-order valence-electron chi connectivity index (χ4n) is 1.61. The summed E-state index contributed by atoms with van der Waals surface area (Å²) in [5, 5.41) is 0. The molecule has 2 aromatic rings. The van der Waals surface area contributed by atoms with Crippen LogP contribution in [0.25, 0.3) is 0 Å². The minimum atomic E-state index is 0.868. The highest BCUT2D eigenvalue weighted by Gasteiger charge is 2.03. The Morgan fingerprint density at radius 2 is 1.36 bits per heavy atom. The molecule has 0 fully saturated rings. The van der Waals surface area contributed by atoms with Crippen molar-refractivity contribution in [2.45, 2.75) is 70.6 Å². The van der Waals surface area contributed by atoms with Gasteiger partial charge in [0, 0.05) is 11.8 Å². The third-order valence-electron chi connectivity index (χ3n) is 3.29. The zero-order valence-electron chi connectivity index (χ0n) is 18.8. The average Bonchev–Trinajstić information content (AvgIpc) is 2.77. The van der Waals surface area contributed by atoms with E-state index in [1.165, 1.54) is 28.0 Å². The number of rotatable bonds is 7. The van der Waals surface area contributed by atoms with E-state index in [2.05, 4.69) is 69.0 Å². The lowest BCUT2D eigenvalue weighted by molar-refractivity contribution is 0.209. The molecule has 0 atom stereocenters. The van der Waals surface area contributed by atoms with Gasteiger partial charge in [0.25, 0.3) is 0 Å². The Bertz CT molecular complexity index is 538. The summed E-state index contributed by atoms with van der Waals surface area (Å²) in [6.07, 6.45) is 7.30. The standard InChI is InChI=1S/C12H10S.C8H16O.C4H8.C2H6/c1-3-7-11(8-4-1)13-12-9-5-2-6-10-12;1-4-6-7-9-8(3)5-2;1-3-4-2;1-2/h1-10H;5H,4,6-7H2,1-3H3;3H,1,4H2,2H3;1-2H3/p+1/b;8-5+;;. The fraction of sp³-hybridized carbons (Fsp3) is 0.385. The van der Waals surface area contributed by atoms with E-state index >= 15 is 0 Å². The summed E-state index contributed by atoms with van der Waals surface area (Å²) in [5.74, 6) is 1.03. The van der Waals surface area contributed by atoms with Gasteiger partial charge in [-0.05, 0) is 51.0 Å². The van der Waals surface area contributed by atoms with Crippen LogP contribution in [0.4, 0.5) is 0 Å². The summed E-state index contributed by atoms with van der Waals surface area (Å²) in [6.45, 7) is 16.5. The molecular weight excluding hydrogens is 360 g/mol. The first-order valence-corrected chi connectivity index (χ1v) is 11.3. The van der Waals surface area contributed by atoms with Gasteiger partial charge in [0.2, 0.25) is 0 Å². The lowest BCUT2D eigenvalue weighted by atomic mass is 10.4. The monoisotopic (exact) mass is 401 g/mol. The molecular formula is C26H41OS+. The van der Waals surface area contributed by atoms with Crippen LogP contribution in [0.3, 0.4) is 0 Å². The lowest BCUT2D eigenvalue weighted by Crippen LogP contribution is -1.90. The maximum Gasteiger partial charge on any atom is 0.158 e. The number of thiol groups is 1. The Balaban J connectivity index is 0. The van der Waals surface area contributed by atoms with Crippen molar-refractivity contribution in [3.05, 3.63) is 85.2 Å². The zero-order valence-corrected chi connectivity index (χ0v) is 19.7. The highest BCUT2D eigenvalue weighted by molar-refractivity contribution is 7.78. The molecule has 0 spiro atoms. The van der Waals surface area contributed by atoms with Crippen molar-refractivity contribution in [1.29, 1.82) is 0 Å². The van der Waals surface area contributed by atoms with Crippen LogP contribution in [0.5, 0.6) is 0 Å². The normalized spacial score (nSPS) is 9.43. The van der Waals surface area contributed by atoms with Gasteiger partial charge >= 0.3 is 0 Å². The molecule has 0 amide bonds. The Hall–Kier alpha value is -1.93. The van der Waals surface area contributed by atoms with E-state index in [9.17, 15) is 0 Å². The van der Waals surface area contributed by atoms with Gasteiger partial charge in [-0.1, -0.05) is 82.7 Å². The quantitative estimate of drug-likeness (QED) is 0.149. The summed E-state index contributed by atoms with van der Waals surface area (Å²) >= 11 is 1.28. The van der Waals surface area contributed by atoms with Crippen LogP contribution in [-0.2, 0) is 16.5 Å². The topological polar surface area (TPSA) is 9.23 Å². The largest absolute Gasteiger partial charge is 0.499 e. The van der Waals surface area contributed by atoms with Crippen LogP contribution < -0.4 is 0 Å². The number of ether oxygens (including phenoxy) is 1. The molecule has 2 heteroatoms. The Kier molecular flexibility index (Phi) is 23.3. The van der Waals surface area contributed by atoms with Gasteiger partial charge < -0.3 is 4.74 Å². The van der Waals surface area contributed by atoms with Gasteiger partial charge in [0.05, 0.1) is 12.4 Å². The third-order valence-corrected chi connectivity index (χ3v) is 4.41. The van der Waals surface area contributed by atoms with E-state index in [1.807, 2.05) is 52.0 Å². The zero-order chi connectivity index (χ0) is 21.5. The second-order valence-corrected chi connectivity index (χ2v) is 6.84. The van der Waals surface area contributed by atoms with E-state index in [-0.39, 0.29) is 0 Å². The molecule has 0 aliphatic heterocycles. The van der Waals surface area contributed by atoms with Gasteiger partial charge in [0.1, 0.15) is 0 Å². The van der Waals surface area contributed by atoms with Gasteiger partial charge in [-0.15, -0.1) is 6.58 Å². The summed E-state index contributed by atoms with van der Waals surface area (Å²) in [5.41, 5.74) is 0. The van der Waals surface area contributed by atoms with Crippen molar-refractivity contribution in [1.82, 2.24) is 0 Å². The summed E-state index contributed by atoms with van der Waals surface area (Å²) < 4.78 is 5.29. The summed E-state index contributed by atoms with van der Waals surface area (Å²) in [4.78, 5) is 2.68. The van der Waals surface area contributed by atoms with E-state index in [1.54, 1.807) is 0 Å². The molecule has 0 saturated heterocycles. The van der Waals surface area contributed by atoms with E-state index < -0.39 is 0 Å². The maximum absolute atomic E-state index is 5.29. The molecule has 0 aliphatic carbocycles. The Morgan fingerprint density at radius 1 is 0.929 bits per heavy atom. The predicted molar refractivity (Wildman–Crippen MR) is 130 cm³/mol. The van der Waals surface area contributed by atoms with E-state index in [0.717, 1.165) is 25.2 Å². The maximum atomic E-state index is 5.29. The molecule has 28 heavy (non-hydrogen) atoms. The Labute approximate surface area is 178 Å². The molecule has 0 aromatic heterocycles. The lowest BCUT2D eigenvalue weighted by Gasteiger charge is -2.02. The molecule has 0 aliphatic rings. The molecule has 0 heterocycles.